The number of Topliss-reactive ketones (excluding diaryl/α,β-unsaturated/α-hetero) is 1. The first-order valence-corrected chi connectivity index (χ1v) is 12.9. The Morgan fingerprint density at radius 1 is 0.917 bits per heavy atom. The molecule has 36 heavy (non-hydrogen) atoms. The highest BCUT2D eigenvalue weighted by Gasteiger charge is 2.68. The van der Waals surface area contributed by atoms with Crippen molar-refractivity contribution in [3.8, 4) is 0 Å². The van der Waals surface area contributed by atoms with Gasteiger partial charge < -0.3 is 0 Å². The number of nitrogens with zero attached hydrogens (tertiary/aromatic N) is 2. The highest BCUT2D eigenvalue weighted by atomic mass is 35.5. The van der Waals surface area contributed by atoms with Gasteiger partial charge in [-0.05, 0) is 79.3 Å². The summed E-state index contributed by atoms with van der Waals surface area (Å²) in [6.07, 6.45) is 5.17. The summed E-state index contributed by atoms with van der Waals surface area (Å²) >= 11 is 12.3. The number of imide groups is 1. The van der Waals surface area contributed by atoms with Crippen LogP contribution >= 0.6 is 23.2 Å². The first kappa shape index (κ1) is 23.4. The van der Waals surface area contributed by atoms with Crippen LogP contribution in [0.2, 0.25) is 10.0 Å². The van der Waals surface area contributed by atoms with Crippen LogP contribution in [-0.2, 0) is 9.59 Å². The van der Waals surface area contributed by atoms with E-state index in [-0.39, 0.29) is 28.2 Å². The molecule has 2 aromatic rings. The van der Waals surface area contributed by atoms with Gasteiger partial charge in [-0.15, -0.1) is 0 Å². The first-order valence-electron chi connectivity index (χ1n) is 12.1. The van der Waals surface area contributed by atoms with Gasteiger partial charge in [-0.1, -0.05) is 47.5 Å². The zero-order chi connectivity index (χ0) is 25.5. The standard InChI is InChI=1S/C28H24Cl2N2O4/c1-13-3-4-15(9-14(13)2)23(33)12-31(26(34)19-6-5-16(29)10-22(19)30)32-27(35)24-17-7-8-18(21-11-20(17)21)25(24)28(32)36/h3-10,17-18,20-21,24-25H,11-12H2,1-2H3/t17-,18-,20-,21-,24+,25+/m0/s1. The second kappa shape index (κ2) is 8.29. The fraction of sp³-hybridized carbons (Fsp3) is 0.357. The minimum Gasteiger partial charge on any atom is -0.292 e. The van der Waals surface area contributed by atoms with Gasteiger partial charge in [0.25, 0.3) is 17.7 Å². The van der Waals surface area contributed by atoms with Gasteiger partial charge in [-0.2, -0.15) is 5.01 Å². The smallest absolute Gasteiger partial charge is 0.274 e. The number of rotatable bonds is 5. The molecule has 0 aromatic heterocycles. The third-order valence-electron chi connectivity index (χ3n) is 8.40. The second-order valence-electron chi connectivity index (χ2n) is 10.4. The largest absolute Gasteiger partial charge is 0.292 e. The summed E-state index contributed by atoms with van der Waals surface area (Å²) in [5.41, 5.74) is 2.43. The van der Waals surface area contributed by atoms with Gasteiger partial charge in [0.1, 0.15) is 6.54 Å². The Morgan fingerprint density at radius 2 is 1.56 bits per heavy atom. The minimum absolute atomic E-state index is 0.00188. The maximum atomic E-state index is 13.8. The van der Waals surface area contributed by atoms with E-state index in [9.17, 15) is 19.2 Å². The summed E-state index contributed by atoms with van der Waals surface area (Å²) in [6.45, 7) is 3.37. The summed E-state index contributed by atoms with van der Waals surface area (Å²) in [5.74, 6) is -2.06. The third kappa shape index (κ3) is 3.46. The monoisotopic (exact) mass is 522 g/mol. The normalized spacial score (nSPS) is 29.3. The molecule has 2 bridgehead atoms. The molecule has 1 heterocycles. The van der Waals surface area contributed by atoms with Crippen molar-refractivity contribution >= 4 is 46.7 Å². The molecule has 8 heteroatoms. The Bertz CT molecular complexity index is 1350. The molecule has 0 unspecified atom stereocenters. The van der Waals surface area contributed by atoms with Crippen molar-refractivity contribution in [3.63, 3.8) is 0 Å². The van der Waals surface area contributed by atoms with Crippen LogP contribution in [0.15, 0.2) is 48.6 Å². The topological polar surface area (TPSA) is 74.8 Å². The number of benzene rings is 2. The Kier molecular flexibility index (Phi) is 5.39. The summed E-state index contributed by atoms with van der Waals surface area (Å²) in [6, 6.07) is 9.65. The SMILES string of the molecule is Cc1ccc(C(=O)CN(C(=O)c2ccc(Cl)cc2Cl)N2C(=O)[C@@H]3[C@H]4C=C[C@@H]([C@@H]5C[C@@H]45)[C@H]3C2=O)cc1C. The van der Waals surface area contributed by atoms with Gasteiger partial charge in [0.15, 0.2) is 5.78 Å². The van der Waals surface area contributed by atoms with E-state index in [1.807, 2.05) is 19.9 Å². The number of hydrogen-bond donors (Lipinski definition) is 0. The van der Waals surface area contributed by atoms with Crippen molar-refractivity contribution in [2.45, 2.75) is 20.3 Å². The first-order chi connectivity index (χ1) is 17.2. The van der Waals surface area contributed by atoms with Gasteiger partial charge in [-0.3, -0.25) is 19.2 Å². The number of carbonyl (C=O) groups is 4. The molecule has 2 saturated carbocycles. The molecular weight excluding hydrogens is 499 g/mol. The average molecular weight is 523 g/mol. The van der Waals surface area contributed by atoms with E-state index in [0.717, 1.165) is 27.6 Å². The fourth-order valence-electron chi connectivity index (χ4n) is 6.36. The molecule has 5 aliphatic rings. The molecule has 3 fully saturated rings. The molecule has 0 spiro atoms. The van der Waals surface area contributed by atoms with Crippen molar-refractivity contribution in [2.24, 2.45) is 35.5 Å². The van der Waals surface area contributed by atoms with E-state index in [1.54, 1.807) is 12.1 Å². The molecule has 6 atom stereocenters. The lowest BCUT2D eigenvalue weighted by atomic mass is 9.63. The van der Waals surface area contributed by atoms with Crippen LogP contribution in [-0.4, -0.2) is 40.1 Å². The number of aryl methyl sites for hydroxylation is 2. The summed E-state index contributed by atoms with van der Waals surface area (Å²) in [7, 11) is 0. The Morgan fingerprint density at radius 3 is 2.14 bits per heavy atom. The molecule has 0 N–H and O–H groups in total. The molecular formula is C28H24Cl2N2O4. The van der Waals surface area contributed by atoms with E-state index in [2.05, 4.69) is 12.2 Å². The minimum atomic E-state index is -0.695. The van der Waals surface area contributed by atoms with Crippen molar-refractivity contribution in [1.82, 2.24) is 10.0 Å². The Hall–Kier alpha value is -2.96. The maximum Gasteiger partial charge on any atom is 0.274 e. The van der Waals surface area contributed by atoms with E-state index < -0.39 is 36.1 Å². The molecule has 4 aliphatic carbocycles. The van der Waals surface area contributed by atoms with Gasteiger partial charge >= 0.3 is 0 Å². The zero-order valence-electron chi connectivity index (χ0n) is 19.8. The van der Waals surface area contributed by atoms with E-state index >= 15 is 0 Å². The molecule has 3 amide bonds. The molecule has 6 nitrogen and oxygen atoms in total. The Labute approximate surface area is 218 Å². The molecule has 7 rings (SSSR count). The highest BCUT2D eigenvalue weighted by molar-refractivity contribution is 6.36. The number of halogens is 2. The second-order valence-corrected chi connectivity index (χ2v) is 11.2. The van der Waals surface area contributed by atoms with Crippen LogP contribution in [0.3, 0.4) is 0 Å². The van der Waals surface area contributed by atoms with Crippen molar-refractivity contribution in [2.75, 3.05) is 6.54 Å². The lowest BCUT2D eigenvalue weighted by Crippen LogP contribution is -2.52. The third-order valence-corrected chi connectivity index (χ3v) is 8.95. The number of allylic oxidation sites excluding steroid dienone is 2. The number of amides is 3. The number of hydrazine groups is 1. The lowest BCUT2D eigenvalue weighted by Gasteiger charge is -2.37. The van der Waals surface area contributed by atoms with Crippen LogP contribution in [0.5, 0.6) is 0 Å². The highest BCUT2D eigenvalue weighted by Crippen LogP contribution is 2.65. The van der Waals surface area contributed by atoms with Gasteiger partial charge in [0.2, 0.25) is 0 Å². The number of carbonyl (C=O) groups excluding carboxylic acids is 4. The van der Waals surface area contributed by atoms with Crippen LogP contribution in [0.1, 0.15) is 38.3 Å². The lowest BCUT2D eigenvalue weighted by molar-refractivity contribution is -0.154. The Balaban J connectivity index is 1.38. The molecule has 2 aromatic carbocycles. The van der Waals surface area contributed by atoms with E-state index in [1.165, 1.54) is 18.2 Å². The van der Waals surface area contributed by atoms with E-state index in [0.29, 0.717) is 22.4 Å². The van der Waals surface area contributed by atoms with Crippen LogP contribution < -0.4 is 0 Å². The van der Waals surface area contributed by atoms with Gasteiger partial charge in [-0.25, -0.2) is 5.01 Å². The van der Waals surface area contributed by atoms with Crippen molar-refractivity contribution in [3.05, 3.63) is 80.8 Å². The quantitative estimate of drug-likeness (QED) is 0.318. The van der Waals surface area contributed by atoms with Crippen molar-refractivity contribution in [1.29, 1.82) is 0 Å². The molecule has 0 radical (unpaired) electrons. The predicted molar refractivity (Wildman–Crippen MR) is 134 cm³/mol. The van der Waals surface area contributed by atoms with E-state index in [4.69, 9.17) is 23.2 Å². The maximum absolute atomic E-state index is 13.8. The molecule has 184 valence electrons. The predicted octanol–water partition coefficient (Wildman–Crippen LogP) is 4.90. The molecule has 1 aliphatic heterocycles. The number of ketones is 1. The summed E-state index contributed by atoms with van der Waals surface area (Å²) in [5, 5.41) is 2.34. The number of hydrogen-bond acceptors (Lipinski definition) is 4. The zero-order valence-corrected chi connectivity index (χ0v) is 21.3. The summed E-state index contributed by atoms with van der Waals surface area (Å²) < 4.78 is 0. The fourth-order valence-corrected chi connectivity index (χ4v) is 6.85. The van der Waals surface area contributed by atoms with Crippen molar-refractivity contribution < 1.29 is 19.2 Å². The summed E-state index contributed by atoms with van der Waals surface area (Å²) in [4.78, 5) is 54.7. The van der Waals surface area contributed by atoms with Crippen LogP contribution in [0.4, 0.5) is 0 Å². The van der Waals surface area contributed by atoms with Crippen LogP contribution in [0.25, 0.3) is 0 Å². The van der Waals surface area contributed by atoms with Gasteiger partial charge in [0, 0.05) is 10.6 Å². The molecule has 1 saturated heterocycles. The average Bonchev–Trinajstić information content (AvgIpc) is 3.62. The van der Waals surface area contributed by atoms with Gasteiger partial charge in [0.05, 0.1) is 22.4 Å². The van der Waals surface area contributed by atoms with Crippen LogP contribution in [0, 0.1) is 49.4 Å².